The predicted molar refractivity (Wildman–Crippen MR) is 75.3 cm³/mol. The van der Waals surface area contributed by atoms with E-state index in [0.717, 1.165) is 19.6 Å². The van der Waals surface area contributed by atoms with Crippen LogP contribution in [0.5, 0.6) is 0 Å². The summed E-state index contributed by atoms with van der Waals surface area (Å²) < 4.78 is 0. The molecule has 17 heavy (non-hydrogen) atoms. The first kappa shape index (κ1) is 14.2. The van der Waals surface area contributed by atoms with Crippen molar-refractivity contribution in [3.05, 3.63) is 35.4 Å². The molecule has 0 saturated carbocycles. The molecule has 1 aromatic carbocycles. The lowest BCUT2D eigenvalue weighted by Crippen LogP contribution is -2.32. The van der Waals surface area contributed by atoms with Crippen LogP contribution in [0.4, 0.5) is 0 Å². The minimum absolute atomic E-state index is 1.07. The third kappa shape index (κ3) is 5.85. The van der Waals surface area contributed by atoms with Crippen LogP contribution >= 0.6 is 0 Å². The summed E-state index contributed by atoms with van der Waals surface area (Å²) in [6.45, 7) is 8.92. The fourth-order valence-corrected chi connectivity index (χ4v) is 1.88. The van der Waals surface area contributed by atoms with Crippen LogP contribution in [0.3, 0.4) is 0 Å². The Kier molecular flexibility index (Phi) is 6.23. The Morgan fingerprint density at radius 2 is 1.59 bits per heavy atom. The van der Waals surface area contributed by atoms with Gasteiger partial charge in [-0.25, -0.2) is 0 Å². The zero-order chi connectivity index (χ0) is 12.7. The molecule has 1 rings (SSSR count). The Balaban J connectivity index is 2.50. The number of benzene rings is 1. The highest BCUT2D eigenvalue weighted by Gasteiger charge is 2.05. The summed E-state index contributed by atoms with van der Waals surface area (Å²) in [5.41, 5.74) is 2.76. The molecule has 0 aliphatic rings. The van der Waals surface area contributed by atoms with Crippen LogP contribution in [0, 0.1) is 6.92 Å². The molecular formula is C15H26N2. The Morgan fingerprint density at radius 3 is 2.12 bits per heavy atom. The molecule has 0 N–H and O–H groups in total. The second-order valence-corrected chi connectivity index (χ2v) is 5.07. The normalized spacial score (nSPS) is 11.4. The smallest absolute Gasteiger partial charge is 0.0234 e. The highest BCUT2D eigenvalue weighted by atomic mass is 15.2. The van der Waals surface area contributed by atoms with E-state index in [-0.39, 0.29) is 0 Å². The van der Waals surface area contributed by atoms with Gasteiger partial charge >= 0.3 is 0 Å². The minimum Gasteiger partial charge on any atom is -0.308 e. The summed E-state index contributed by atoms with van der Waals surface area (Å²) in [5, 5.41) is 0. The quantitative estimate of drug-likeness (QED) is 0.716. The van der Waals surface area contributed by atoms with Crippen molar-refractivity contribution in [2.75, 3.05) is 33.7 Å². The van der Waals surface area contributed by atoms with Crippen molar-refractivity contribution in [1.82, 2.24) is 9.80 Å². The lowest BCUT2D eigenvalue weighted by atomic mass is 10.1. The molecule has 0 spiro atoms. The first-order valence-corrected chi connectivity index (χ1v) is 6.54. The molecule has 0 fully saturated rings. The van der Waals surface area contributed by atoms with E-state index < -0.39 is 0 Å². The second-order valence-electron chi connectivity index (χ2n) is 5.07. The molecule has 0 unspecified atom stereocenters. The Labute approximate surface area is 106 Å². The van der Waals surface area contributed by atoms with Gasteiger partial charge in [-0.15, -0.1) is 0 Å². The van der Waals surface area contributed by atoms with E-state index in [1.54, 1.807) is 0 Å². The first-order chi connectivity index (χ1) is 8.11. The molecule has 2 heteroatoms. The van der Waals surface area contributed by atoms with E-state index in [4.69, 9.17) is 0 Å². The lowest BCUT2D eigenvalue weighted by Gasteiger charge is -2.23. The van der Waals surface area contributed by atoms with Gasteiger partial charge in [0.05, 0.1) is 0 Å². The summed E-state index contributed by atoms with van der Waals surface area (Å²) in [6.07, 6.45) is 1.22. The minimum atomic E-state index is 1.07. The van der Waals surface area contributed by atoms with Crippen molar-refractivity contribution in [3.8, 4) is 0 Å². The molecule has 0 aliphatic carbocycles. The average molecular weight is 234 g/mol. The van der Waals surface area contributed by atoms with Gasteiger partial charge in [-0.3, -0.25) is 4.90 Å². The van der Waals surface area contributed by atoms with Crippen LogP contribution in [-0.4, -0.2) is 43.5 Å². The highest BCUT2D eigenvalue weighted by molar-refractivity contribution is 5.21. The van der Waals surface area contributed by atoms with Crippen molar-refractivity contribution >= 4 is 0 Å². The molecule has 0 aromatic heterocycles. The molecule has 0 atom stereocenters. The van der Waals surface area contributed by atoms with E-state index in [9.17, 15) is 0 Å². The zero-order valence-corrected chi connectivity index (χ0v) is 11.7. The molecule has 0 heterocycles. The number of aryl methyl sites for hydroxylation is 1. The third-order valence-corrected chi connectivity index (χ3v) is 2.93. The lowest BCUT2D eigenvalue weighted by molar-refractivity contribution is 0.234. The SMILES string of the molecule is CCCN(CCN(C)C)Cc1ccc(C)cc1. The fraction of sp³-hybridized carbons (Fsp3) is 0.600. The predicted octanol–water partition coefficient (Wildman–Crippen LogP) is 2.77. The zero-order valence-electron chi connectivity index (χ0n) is 11.7. The molecule has 0 amide bonds. The molecular weight excluding hydrogens is 208 g/mol. The van der Waals surface area contributed by atoms with Gasteiger partial charge < -0.3 is 4.90 Å². The van der Waals surface area contributed by atoms with Gasteiger partial charge in [0.15, 0.2) is 0 Å². The third-order valence-electron chi connectivity index (χ3n) is 2.93. The Bertz CT molecular complexity index is 303. The molecule has 0 bridgehead atoms. The van der Waals surface area contributed by atoms with Gasteiger partial charge in [-0.1, -0.05) is 36.8 Å². The van der Waals surface area contributed by atoms with E-state index in [0.29, 0.717) is 0 Å². The summed E-state index contributed by atoms with van der Waals surface area (Å²) >= 11 is 0. The van der Waals surface area contributed by atoms with Gasteiger partial charge in [0.2, 0.25) is 0 Å². The van der Waals surface area contributed by atoms with E-state index in [1.807, 2.05) is 0 Å². The topological polar surface area (TPSA) is 6.48 Å². The van der Waals surface area contributed by atoms with Crippen LogP contribution in [0.15, 0.2) is 24.3 Å². The summed E-state index contributed by atoms with van der Waals surface area (Å²) in [4.78, 5) is 4.78. The highest BCUT2D eigenvalue weighted by Crippen LogP contribution is 2.07. The van der Waals surface area contributed by atoms with E-state index >= 15 is 0 Å². The number of likely N-dealkylation sites (N-methyl/N-ethyl adjacent to an activating group) is 1. The molecule has 0 saturated heterocycles. The summed E-state index contributed by atoms with van der Waals surface area (Å²) in [5.74, 6) is 0. The van der Waals surface area contributed by atoms with E-state index in [2.05, 4.69) is 62.0 Å². The molecule has 0 aliphatic heterocycles. The van der Waals surface area contributed by atoms with Gasteiger partial charge in [0, 0.05) is 19.6 Å². The van der Waals surface area contributed by atoms with E-state index in [1.165, 1.54) is 24.1 Å². The van der Waals surface area contributed by atoms with Crippen molar-refractivity contribution in [3.63, 3.8) is 0 Å². The largest absolute Gasteiger partial charge is 0.308 e. The van der Waals surface area contributed by atoms with Crippen molar-refractivity contribution in [1.29, 1.82) is 0 Å². The maximum atomic E-state index is 2.53. The van der Waals surface area contributed by atoms with Crippen LogP contribution in [-0.2, 0) is 6.54 Å². The number of hydrogen-bond donors (Lipinski definition) is 0. The molecule has 96 valence electrons. The molecule has 2 nitrogen and oxygen atoms in total. The van der Waals surface area contributed by atoms with Crippen molar-refractivity contribution in [2.45, 2.75) is 26.8 Å². The molecule has 1 aromatic rings. The standard InChI is InChI=1S/C15H26N2/c1-5-10-17(12-11-16(3)4)13-15-8-6-14(2)7-9-15/h6-9H,5,10-13H2,1-4H3. The fourth-order valence-electron chi connectivity index (χ4n) is 1.88. The maximum absolute atomic E-state index is 2.53. The van der Waals surface area contributed by atoms with Crippen LogP contribution in [0.2, 0.25) is 0 Å². The van der Waals surface area contributed by atoms with Gasteiger partial charge in [0.25, 0.3) is 0 Å². The van der Waals surface area contributed by atoms with Gasteiger partial charge in [-0.2, -0.15) is 0 Å². The monoisotopic (exact) mass is 234 g/mol. The summed E-state index contributed by atoms with van der Waals surface area (Å²) in [6, 6.07) is 8.89. The van der Waals surface area contributed by atoms with Crippen LogP contribution in [0.1, 0.15) is 24.5 Å². The Morgan fingerprint density at radius 1 is 0.941 bits per heavy atom. The van der Waals surface area contributed by atoms with Crippen LogP contribution < -0.4 is 0 Å². The maximum Gasteiger partial charge on any atom is 0.0234 e. The first-order valence-electron chi connectivity index (χ1n) is 6.54. The van der Waals surface area contributed by atoms with Gasteiger partial charge in [-0.05, 0) is 39.5 Å². The van der Waals surface area contributed by atoms with Crippen molar-refractivity contribution < 1.29 is 0 Å². The van der Waals surface area contributed by atoms with Crippen molar-refractivity contribution in [2.24, 2.45) is 0 Å². The molecule has 0 radical (unpaired) electrons. The number of hydrogen-bond acceptors (Lipinski definition) is 2. The average Bonchev–Trinajstić information content (AvgIpc) is 2.29. The second kappa shape index (κ2) is 7.46. The number of nitrogens with zero attached hydrogens (tertiary/aromatic N) is 2. The Hall–Kier alpha value is -0.860. The van der Waals surface area contributed by atoms with Crippen LogP contribution in [0.25, 0.3) is 0 Å². The van der Waals surface area contributed by atoms with Gasteiger partial charge in [0.1, 0.15) is 0 Å². The number of rotatable bonds is 7. The summed E-state index contributed by atoms with van der Waals surface area (Å²) in [7, 11) is 4.27.